The summed E-state index contributed by atoms with van der Waals surface area (Å²) in [6.45, 7) is 6.38. The number of carbonyl (C=O) groups excluding carboxylic acids is 2. The molecule has 0 aliphatic carbocycles. The molecule has 120 valence electrons. The number of rotatable bonds is 3. The molecule has 1 saturated heterocycles. The van der Waals surface area contributed by atoms with Gasteiger partial charge in [0.15, 0.2) is 5.13 Å². The fourth-order valence-corrected chi connectivity index (χ4v) is 3.43. The highest BCUT2D eigenvalue weighted by Gasteiger charge is 2.36. The number of aryl methyl sites for hydroxylation is 2. The molecule has 2 heterocycles. The molecule has 1 aliphatic rings. The van der Waals surface area contributed by atoms with Gasteiger partial charge >= 0.3 is 0 Å². The van der Waals surface area contributed by atoms with E-state index in [1.165, 1.54) is 11.3 Å². The van der Waals surface area contributed by atoms with Crippen molar-refractivity contribution < 1.29 is 9.59 Å². The van der Waals surface area contributed by atoms with Gasteiger partial charge in [-0.2, -0.15) is 0 Å². The van der Waals surface area contributed by atoms with E-state index in [2.05, 4.69) is 10.3 Å². The predicted molar refractivity (Wildman–Crippen MR) is 91.9 cm³/mol. The van der Waals surface area contributed by atoms with Crippen molar-refractivity contribution in [1.29, 1.82) is 0 Å². The van der Waals surface area contributed by atoms with Crippen molar-refractivity contribution >= 4 is 34.0 Å². The Hall–Kier alpha value is -2.21. The summed E-state index contributed by atoms with van der Waals surface area (Å²) in [4.78, 5) is 31.6. The third-order valence-electron chi connectivity index (χ3n) is 4.21. The lowest BCUT2D eigenvalue weighted by molar-refractivity contribution is -0.122. The zero-order valence-electron chi connectivity index (χ0n) is 13.4. The highest BCUT2D eigenvalue weighted by atomic mass is 32.1. The molecule has 0 bridgehead atoms. The fraction of sp³-hybridized carbons (Fsp3) is 0.353. The van der Waals surface area contributed by atoms with Crippen LogP contribution in [-0.2, 0) is 9.59 Å². The zero-order valence-corrected chi connectivity index (χ0v) is 14.2. The minimum Gasteiger partial charge on any atom is -0.311 e. The number of amides is 2. The summed E-state index contributed by atoms with van der Waals surface area (Å²) in [5.41, 5.74) is 3.12. The first kappa shape index (κ1) is 15.7. The number of thiazole rings is 1. The number of anilines is 2. The third kappa shape index (κ3) is 3.12. The summed E-state index contributed by atoms with van der Waals surface area (Å²) in [5.74, 6) is -0.485. The molecule has 1 fully saturated rings. The minimum absolute atomic E-state index is 0.00540. The molecular weight excluding hydrogens is 310 g/mol. The Labute approximate surface area is 139 Å². The molecule has 1 aromatic carbocycles. The average molecular weight is 329 g/mol. The van der Waals surface area contributed by atoms with Crippen molar-refractivity contribution in [2.75, 3.05) is 16.8 Å². The lowest BCUT2D eigenvalue weighted by Crippen LogP contribution is -2.28. The van der Waals surface area contributed by atoms with E-state index in [1.54, 1.807) is 11.1 Å². The summed E-state index contributed by atoms with van der Waals surface area (Å²) in [6.07, 6.45) is 1.96. The second kappa shape index (κ2) is 6.12. The molecule has 5 nitrogen and oxygen atoms in total. The molecule has 6 heteroatoms. The normalized spacial score (nSPS) is 17.6. The van der Waals surface area contributed by atoms with E-state index in [1.807, 2.05) is 39.0 Å². The van der Waals surface area contributed by atoms with Crippen LogP contribution in [0.25, 0.3) is 0 Å². The van der Waals surface area contributed by atoms with Gasteiger partial charge in [0, 0.05) is 29.7 Å². The molecule has 1 atom stereocenters. The molecule has 2 aromatic rings. The zero-order chi connectivity index (χ0) is 16.6. The Morgan fingerprint density at radius 3 is 2.83 bits per heavy atom. The van der Waals surface area contributed by atoms with E-state index in [4.69, 9.17) is 0 Å². The molecule has 1 N–H and O–H groups in total. The van der Waals surface area contributed by atoms with E-state index in [9.17, 15) is 9.59 Å². The molecule has 1 aliphatic heterocycles. The maximum absolute atomic E-state index is 12.4. The fourth-order valence-electron chi connectivity index (χ4n) is 2.76. The number of hydrogen-bond acceptors (Lipinski definition) is 4. The number of hydrogen-bond donors (Lipinski definition) is 1. The lowest BCUT2D eigenvalue weighted by atomic mass is 10.1. The van der Waals surface area contributed by atoms with Gasteiger partial charge in [0.25, 0.3) is 0 Å². The van der Waals surface area contributed by atoms with Gasteiger partial charge in [0.1, 0.15) is 0 Å². The van der Waals surface area contributed by atoms with Crippen molar-refractivity contribution in [3.05, 3.63) is 40.4 Å². The van der Waals surface area contributed by atoms with E-state index in [0.717, 1.165) is 21.7 Å². The average Bonchev–Trinajstić information content (AvgIpc) is 3.08. The van der Waals surface area contributed by atoms with Crippen molar-refractivity contribution in [3.63, 3.8) is 0 Å². The van der Waals surface area contributed by atoms with Gasteiger partial charge in [-0.15, -0.1) is 11.3 Å². The quantitative estimate of drug-likeness (QED) is 0.941. The third-order valence-corrected chi connectivity index (χ3v) is 5.04. The smallest absolute Gasteiger partial charge is 0.231 e. The highest BCUT2D eigenvalue weighted by molar-refractivity contribution is 7.15. The van der Waals surface area contributed by atoms with Gasteiger partial charge in [0.05, 0.1) is 5.92 Å². The van der Waals surface area contributed by atoms with Crippen molar-refractivity contribution in [3.8, 4) is 0 Å². The largest absolute Gasteiger partial charge is 0.311 e. The van der Waals surface area contributed by atoms with Crippen LogP contribution in [-0.4, -0.2) is 23.3 Å². The summed E-state index contributed by atoms with van der Waals surface area (Å²) < 4.78 is 0. The first-order valence-corrected chi connectivity index (χ1v) is 8.37. The van der Waals surface area contributed by atoms with E-state index in [-0.39, 0.29) is 24.2 Å². The van der Waals surface area contributed by atoms with E-state index >= 15 is 0 Å². The molecule has 0 radical (unpaired) electrons. The lowest BCUT2D eigenvalue weighted by Gasteiger charge is -2.20. The molecule has 1 unspecified atom stereocenters. The van der Waals surface area contributed by atoms with Crippen LogP contribution in [0.15, 0.2) is 24.4 Å². The molecular formula is C17H19N3O2S. The highest BCUT2D eigenvalue weighted by Crippen LogP contribution is 2.30. The first-order chi connectivity index (χ1) is 11.0. The molecule has 2 amide bonds. The Morgan fingerprint density at radius 1 is 1.35 bits per heavy atom. The Bertz CT molecular complexity index is 769. The van der Waals surface area contributed by atoms with Crippen LogP contribution < -0.4 is 10.2 Å². The van der Waals surface area contributed by atoms with Gasteiger partial charge in [-0.3, -0.25) is 9.59 Å². The van der Waals surface area contributed by atoms with Crippen LogP contribution in [0.4, 0.5) is 10.8 Å². The molecule has 3 rings (SSSR count). The minimum atomic E-state index is -0.341. The molecule has 0 saturated carbocycles. The summed E-state index contributed by atoms with van der Waals surface area (Å²) in [5, 5.41) is 3.40. The van der Waals surface area contributed by atoms with Gasteiger partial charge in [-0.25, -0.2) is 4.98 Å². The summed E-state index contributed by atoms with van der Waals surface area (Å²) in [7, 11) is 0. The Balaban J connectivity index is 1.74. The number of benzene rings is 1. The van der Waals surface area contributed by atoms with E-state index < -0.39 is 0 Å². The van der Waals surface area contributed by atoms with Crippen molar-refractivity contribution in [2.45, 2.75) is 27.2 Å². The number of nitrogens with zero attached hydrogens (tertiary/aromatic N) is 2. The van der Waals surface area contributed by atoms with E-state index in [0.29, 0.717) is 11.7 Å². The second-order valence-electron chi connectivity index (χ2n) is 5.89. The molecule has 23 heavy (non-hydrogen) atoms. The molecule has 1 aromatic heterocycles. The summed E-state index contributed by atoms with van der Waals surface area (Å²) in [6, 6.07) is 5.90. The monoisotopic (exact) mass is 329 g/mol. The van der Waals surface area contributed by atoms with Gasteiger partial charge in [-0.1, -0.05) is 12.1 Å². The van der Waals surface area contributed by atoms with Crippen LogP contribution in [0.1, 0.15) is 22.4 Å². The second-order valence-corrected chi connectivity index (χ2v) is 7.12. The van der Waals surface area contributed by atoms with Crippen LogP contribution in [0.5, 0.6) is 0 Å². The number of carbonyl (C=O) groups is 2. The van der Waals surface area contributed by atoms with Crippen LogP contribution in [0.3, 0.4) is 0 Å². The molecule has 0 spiro atoms. The topological polar surface area (TPSA) is 62.3 Å². The van der Waals surface area contributed by atoms with Gasteiger partial charge in [0.2, 0.25) is 11.8 Å². The Kier molecular flexibility index (Phi) is 4.17. The van der Waals surface area contributed by atoms with Gasteiger partial charge in [-0.05, 0) is 38.0 Å². The number of nitrogens with one attached hydrogen (secondary N) is 1. The standard InChI is InChI=1S/C17H19N3O2S/c1-10-5-4-6-14(12(10)3)20-9-13(7-15(20)21)16(22)19-17-18-8-11(2)23-17/h4-6,8,13H,7,9H2,1-3H3,(H,18,19,22). The maximum atomic E-state index is 12.4. The van der Waals surface area contributed by atoms with Crippen molar-refractivity contribution in [1.82, 2.24) is 4.98 Å². The predicted octanol–water partition coefficient (Wildman–Crippen LogP) is 3.06. The maximum Gasteiger partial charge on any atom is 0.231 e. The summed E-state index contributed by atoms with van der Waals surface area (Å²) >= 11 is 1.44. The SMILES string of the molecule is Cc1cnc(NC(=O)C2CC(=O)N(c3cccc(C)c3C)C2)s1. The van der Waals surface area contributed by atoms with Gasteiger partial charge < -0.3 is 10.2 Å². The first-order valence-electron chi connectivity index (χ1n) is 7.55. The van der Waals surface area contributed by atoms with Crippen LogP contribution in [0.2, 0.25) is 0 Å². The van der Waals surface area contributed by atoms with Crippen LogP contribution >= 0.6 is 11.3 Å². The van der Waals surface area contributed by atoms with Crippen molar-refractivity contribution in [2.24, 2.45) is 5.92 Å². The number of aromatic nitrogens is 1. The van der Waals surface area contributed by atoms with Crippen LogP contribution in [0, 0.1) is 26.7 Å². The Morgan fingerprint density at radius 2 is 2.13 bits per heavy atom.